The molecule has 1 amide bonds. The van der Waals surface area contributed by atoms with Crippen LogP contribution in [0.1, 0.15) is 17.3 Å². The average Bonchev–Trinajstić information content (AvgIpc) is 3.42. The van der Waals surface area contributed by atoms with Crippen molar-refractivity contribution in [1.29, 1.82) is 0 Å². The fourth-order valence-electron chi connectivity index (χ4n) is 4.34. The number of hydrogen-bond acceptors (Lipinski definition) is 7. The maximum atomic E-state index is 13.0. The van der Waals surface area contributed by atoms with Crippen molar-refractivity contribution in [1.82, 2.24) is 4.72 Å². The quantitative estimate of drug-likeness (QED) is 0.503. The summed E-state index contributed by atoms with van der Waals surface area (Å²) in [5.74, 6) is -0.0718. The molecule has 0 aliphatic carbocycles. The van der Waals surface area contributed by atoms with E-state index in [0.717, 1.165) is 10.8 Å². The van der Waals surface area contributed by atoms with Crippen LogP contribution in [0.25, 0.3) is 10.8 Å². The zero-order valence-corrected chi connectivity index (χ0v) is 19.7. The molecular weight excluding hydrogens is 472 g/mol. The normalized spacial score (nSPS) is 23.7. The third-order valence-electron chi connectivity index (χ3n) is 6.14. The Morgan fingerprint density at radius 2 is 1.63 bits per heavy atom. The van der Waals surface area contributed by atoms with Gasteiger partial charge in [0.1, 0.15) is 12.2 Å². The molecule has 10 heteroatoms. The highest BCUT2D eigenvalue weighted by molar-refractivity contribution is 7.89. The SMILES string of the molecule is CC(=O)c1ccc(NC(=O)O[C@@H]2CO[C@H]3[C@@H]2OC[C@@H]3NS(=O)(=O)c2ccc3ccccc3c2)cc1. The molecule has 2 fully saturated rings. The van der Waals surface area contributed by atoms with Crippen molar-refractivity contribution in [2.75, 3.05) is 18.5 Å². The molecule has 2 heterocycles. The summed E-state index contributed by atoms with van der Waals surface area (Å²) in [5.41, 5.74) is 1.01. The number of Topliss-reactive ketones (excluding diaryl/α,β-unsaturated/α-hetero) is 1. The van der Waals surface area contributed by atoms with Gasteiger partial charge in [0.2, 0.25) is 10.0 Å². The van der Waals surface area contributed by atoms with E-state index in [1.807, 2.05) is 24.3 Å². The first kappa shape index (κ1) is 23.4. The van der Waals surface area contributed by atoms with Gasteiger partial charge in [-0.3, -0.25) is 10.1 Å². The van der Waals surface area contributed by atoms with Crippen molar-refractivity contribution in [3.63, 3.8) is 0 Å². The van der Waals surface area contributed by atoms with E-state index in [0.29, 0.717) is 11.3 Å². The van der Waals surface area contributed by atoms with Crippen LogP contribution in [-0.4, -0.2) is 57.9 Å². The van der Waals surface area contributed by atoms with E-state index in [2.05, 4.69) is 10.0 Å². The van der Waals surface area contributed by atoms with E-state index in [1.165, 1.54) is 6.92 Å². The van der Waals surface area contributed by atoms with Crippen molar-refractivity contribution < 1.29 is 32.2 Å². The van der Waals surface area contributed by atoms with Crippen LogP contribution in [0.5, 0.6) is 0 Å². The largest absolute Gasteiger partial charge is 0.441 e. The maximum absolute atomic E-state index is 13.0. The van der Waals surface area contributed by atoms with Gasteiger partial charge in [0.05, 0.1) is 24.2 Å². The lowest BCUT2D eigenvalue weighted by molar-refractivity contribution is 0.00883. The molecule has 4 atom stereocenters. The summed E-state index contributed by atoms with van der Waals surface area (Å²) in [6.45, 7) is 1.64. The average molecular weight is 497 g/mol. The molecule has 0 unspecified atom stereocenters. The number of nitrogens with one attached hydrogen (secondary N) is 2. The van der Waals surface area contributed by atoms with E-state index in [9.17, 15) is 18.0 Å². The van der Waals surface area contributed by atoms with Gasteiger partial charge in [0, 0.05) is 11.3 Å². The van der Waals surface area contributed by atoms with Crippen LogP contribution in [0, 0.1) is 0 Å². The lowest BCUT2D eigenvalue weighted by Crippen LogP contribution is -2.44. The molecule has 3 aromatic carbocycles. The molecule has 2 aliphatic rings. The second kappa shape index (κ2) is 9.38. The summed E-state index contributed by atoms with van der Waals surface area (Å²) < 4.78 is 45.7. The summed E-state index contributed by atoms with van der Waals surface area (Å²) in [6.07, 6.45) is -2.56. The molecule has 0 saturated carbocycles. The fourth-order valence-corrected chi connectivity index (χ4v) is 5.61. The molecule has 0 radical (unpaired) electrons. The van der Waals surface area contributed by atoms with E-state index in [4.69, 9.17) is 14.2 Å². The number of rotatable bonds is 6. The van der Waals surface area contributed by atoms with Gasteiger partial charge in [-0.05, 0) is 54.1 Å². The minimum Gasteiger partial charge on any atom is -0.441 e. The Morgan fingerprint density at radius 3 is 2.37 bits per heavy atom. The van der Waals surface area contributed by atoms with Crippen LogP contribution in [0.3, 0.4) is 0 Å². The molecule has 2 N–H and O–H groups in total. The Hall–Kier alpha value is -3.31. The number of ether oxygens (including phenoxy) is 3. The Morgan fingerprint density at radius 1 is 0.914 bits per heavy atom. The smallest absolute Gasteiger partial charge is 0.412 e. The molecule has 0 bridgehead atoms. The first-order valence-corrected chi connectivity index (χ1v) is 12.6. The summed E-state index contributed by atoms with van der Waals surface area (Å²) in [6, 6.07) is 18.3. The van der Waals surface area contributed by atoms with Gasteiger partial charge in [-0.1, -0.05) is 30.3 Å². The maximum Gasteiger partial charge on any atom is 0.412 e. The molecule has 5 rings (SSSR count). The van der Waals surface area contributed by atoms with Crippen molar-refractivity contribution in [2.45, 2.75) is 36.2 Å². The van der Waals surface area contributed by atoms with Crippen LogP contribution in [0.2, 0.25) is 0 Å². The number of hydrogen-bond donors (Lipinski definition) is 2. The summed E-state index contributed by atoms with van der Waals surface area (Å²) >= 11 is 0. The molecule has 2 aliphatic heterocycles. The van der Waals surface area contributed by atoms with Gasteiger partial charge in [0.15, 0.2) is 11.9 Å². The standard InChI is InChI=1S/C25H24N2O7S/c1-15(28)16-6-9-19(10-7-16)26-25(29)34-22-14-33-23-21(13-32-24(22)23)27-35(30,31)20-11-8-17-4-2-3-5-18(17)12-20/h2-12,21-24,27H,13-14H2,1H3,(H,26,29)/t21-,22+,23+,24+/m0/s1. The summed E-state index contributed by atoms with van der Waals surface area (Å²) in [7, 11) is -3.82. The molecule has 0 spiro atoms. The van der Waals surface area contributed by atoms with Gasteiger partial charge in [-0.15, -0.1) is 0 Å². The fraction of sp³-hybridized carbons (Fsp3) is 0.280. The second-order valence-corrected chi connectivity index (χ2v) is 10.2. The number of carbonyl (C=O) groups is 2. The van der Waals surface area contributed by atoms with Crippen molar-refractivity contribution in [3.05, 3.63) is 72.3 Å². The number of amides is 1. The van der Waals surface area contributed by atoms with Gasteiger partial charge >= 0.3 is 6.09 Å². The summed E-state index contributed by atoms with van der Waals surface area (Å²) in [4.78, 5) is 23.9. The number of benzene rings is 3. The third-order valence-corrected chi connectivity index (χ3v) is 7.63. The van der Waals surface area contributed by atoms with Crippen LogP contribution in [0.15, 0.2) is 71.6 Å². The Bertz CT molecular complexity index is 1370. The predicted octanol–water partition coefficient (Wildman–Crippen LogP) is 3.10. The Kier molecular flexibility index (Phi) is 6.28. The van der Waals surface area contributed by atoms with Crippen LogP contribution >= 0.6 is 0 Å². The van der Waals surface area contributed by atoms with E-state index in [1.54, 1.807) is 42.5 Å². The molecule has 0 aromatic heterocycles. The molecular formula is C25H24N2O7S. The topological polar surface area (TPSA) is 120 Å². The molecule has 9 nitrogen and oxygen atoms in total. The zero-order chi connectivity index (χ0) is 24.6. The Balaban J connectivity index is 1.20. The Labute approximate surface area is 202 Å². The van der Waals surface area contributed by atoms with Crippen molar-refractivity contribution >= 4 is 38.4 Å². The molecule has 3 aromatic rings. The number of carbonyl (C=O) groups excluding carboxylic acids is 2. The zero-order valence-electron chi connectivity index (χ0n) is 18.8. The van der Waals surface area contributed by atoms with E-state index in [-0.39, 0.29) is 23.9 Å². The monoisotopic (exact) mass is 496 g/mol. The van der Waals surface area contributed by atoms with Crippen LogP contribution < -0.4 is 10.0 Å². The van der Waals surface area contributed by atoms with E-state index >= 15 is 0 Å². The van der Waals surface area contributed by atoms with Gasteiger partial charge in [-0.25, -0.2) is 17.9 Å². The lowest BCUT2D eigenvalue weighted by Gasteiger charge is -2.18. The van der Waals surface area contributed by atoms with Gasteiger partial charge in [0.25, 0.3) is 0 Å². The molecule has 2 saturated heterocycles. The van der Waals surface area contributed by atoms with E-state index < -0.39 is 40.5 Å². The highest BCUT2D eigenvalue weighted by Crippen LogP contribution is 2.30. The van der Waals surface area contributed by atoms with Crippen LogP contribution in [0.4, 0.5) is 10.5 Å². The number of anilines is 1. The van der Waals surface area contributed by atoms with Gasteiger partial charge in [-0.2, -0.15) is 0 Å². The summed E-state index contributed by atoms with van der Waals surface area (Å²) in [5, 5.41) is 4.38. The van der Waals surface area contributed by atoms with Gasteiger partial charge < -0.3 is 14.2 Å². The highest BCUT2D eigenvalue weighted by atomic mass is 32.2. The van der Waals surface area contributed by atoms with Crippen LogP contribution in [-0.2, 0) is 24.2 Å². The first-order valence-electron chi connectivity index (χ1n) is 11.1. The van der Waals surface area contributed by atoms with Crippen molar-refractivity contribution in [3.8, 4) is 0 Å². The van der Waals surface area contributed by atoms with Crippen molar-refractivity contribution in [2.24, 2.45) is 0 Å². The minimum atomic E-state index is -3.82. The minimum absolute atomic E-state index is 0.0718. The first-order chi connectivity index (χ1) is 16.8. The molecule has 35 heavy (non-hydrogen) atoms. The number of ketones is 1. The lowest BCUT2D eigenvalue weighted by atomic mass is 10.1. The number of sulfonamides is 1. The third kappa shape index (κ3) is 4.92. The predicted molar refractivity (Wildman–Crippen MR) is 128 cm³/mol. The second-order valence-electron chi connectivity index (χ2n) is 8.53. The molecule has 182 valence electrons. The number of fused-ring (bicyclic) bond motifs is 2. The highest BCUT2D eigenvalue weighted by Gasteiger charge is 2.50.